The summed E-state index contributed by atoms with van der Waals surface area (Å²) in [6.45, 7) is 0. The van der Waals surface area contributed by atoms with Gasteiger partial charge in [-0.2, -0.15) is 0 Å². The fourth-order valence-corrected chi connectivity index (χ4v) is 1.72. The molecule has 12 heavy (non-hydrogen) atoms. The van der Waals surface area contributed by atoms with Gasteiger partial charge in [0.25, 0.3) is 0 Å². The van der Waals surface area contributed by atoms with Crippen molar-refractivity contribution in [3.05, 3.63) is 17.2 Å². The summed E-state index contributed by atoms with van der Waals surface area (Å²) >= 11 is 0. The van der Waals surface area contributed by atoms with Gasteiger partial charge in [-0.3, -0.25) is 0 Å². The third-order valence-electron chi connectivity index (χ3n) is 2.32. The second-order valence-corrected chi connectivity index (χ2v) is 3.05. The molecule has 1 N–H and O–H groups in total. The number of aromatic nitrogens is 2. The van der Waals surface area contributed by atoms with Crippen LogP contribution in [-0.4, -0.2) is 20.6 Å². The van der Waals surface area contributed by atoms with Crippen LogP contribution in [0.25, 0.3) is 0 Å². The summed E-state index contributed by atoms with van der Waals surface area (Å²) in [4.78, 5) is 14.7. The number of hydrogen-bond acceptors (Lipinski definition) is 2. The first-order valence-electron chi connectivity index (χ1n) is 3.98. The number of aryl methyl sites for hydroxylation is 1. The molecule has 0 radical (unpaired) electrons. The summed E-state index contributed by atoms with van der Waals surface area (Å²) < 4.78 is 1.69. The van der Waals surface area contributed by atoms with Gasteiger partial charge in [-0.25, -0.2) is 9.78 Å². The highest BCUT2D eigenvalue weighted by atomic mass is 16.4. The van der Waals surface area contributed by atoms with Crippen molar-refractivity contribution in [3.63, 3.8) is 0 Å². The molecule has 1 aliphatic carbocycles. The van der Waals surface area contributed by atoms with E-state index in [1.165, 1.54) is 0 Å². The highest BCUT2D eigenvalue weighted by molar-refractivity contribution is 5.83. The Bertz CT molecular complexity index is 341. The quantitative estimate of drug-likeness (QED) is 0.664. The topological polar surface area (TPSA) is 55.1 Å². The normalized spacial score (nSPS) is 14.8. The SMILES string of the molecule is Cn1c(C(=O)O)nc2c1CCC2. The van der Waals surface area contributed by atoms with Crippen molar-refractivity contribution < 1.29 is 9.90 Å². The predicted octanol–water partition coefficient (Wildman–Crippen LogP) is 0.607. The molecule has 1 aromatic heterocycles. The van der Waals surface area contributed by atoms with E-state index >= 15 is 0 Å². The Morgan fingerprint density at radius 2 is 2.33 bits per heavy atom. The minimum absolute atomic E-state index is 0.166. The highest BCUT2D eigenvalue weighted by Crippen LogP contribution is 2.21. The van der Waals surface area contributed by atoms with Gasteiger partial charge in [0.2, 0.25) is 5.82 Å². The summed E-state index contributed by atoms with van der Waals surface area (Å²) in [5.41, 5.74) is 2.06. The third kappa shape index (κ3) is 0.841. The average Bonchev–Trinajstić information content (AvgIpc) is 2.53. The number of hydrogen-bond donors (Lipinski definition) is 1. The largest absolute Gasteiger partial charge is 0.475 e. The molecule has 0 saturated heterocycles. The monoisotopic (exact) mass is 166 g/mol. The van der Waals surface area contributed by atoms with Gasteiger partial charge in [0.05, 0.1) is 5.69 Å². The van der Waals surface area contributed by atoms with Crippen LogP contribution in [0.3, 0.4) is 0 Å². The van der Waals surface area contributed by atoms with Gasteiger partial charge >= 0.3 is 5.97 Å². The van der Waals surface area contributed by atoms with Crippen LogP contribution in [0.15, 0.2) is 0 Å². The summed E-state index contributed by atoms with van der Waals surface area (Å²) in [6.07, 6.45) is 2.99. The van der Waals surface area contributed by atoms with Gasteiger partial charge in [-0.15, -0.1) is 0 Å². The molecule has 1 aromatic rings. The van der Waals surface area contributed by atoms with Crippen LogP contribution < -0.4 is 0 Å². The Balaban J connectivity index is 2.54. The fourth-order valence-electron chi connectivity index (χ4n) is 1.72. The van der Waals surface area contributed by atoms with E-state index in [2.05, 4.69) is 4.98 Å². The van der Waals surface area contributed by atoms with Crippen molar-refractivity contribution in [2.75, 3.05) is 0 Å². The Labute approximate surface area is 69.8 Å². The van der Waals surface area contributed by atoms with E-state index in [1.807, 2.05) is 0 Å². The molecular weight excluding hydrogens is 156 g/mol. The molecule has 0 fully saturated rings. The lowest BCUT2D eigenvalue weighted by molar-refractivity contribution is 0.0679. The molecule has 0 aromatic carbocycles. The molecule has 0 spiro atoms. The van der Waals surface area contributed by atoms with Crippen molar-refractivity contribution >= 4 is 5.97 Å². The van der Waals surface area contributed by atoms with Gasteiger partial charge in [0.15, 0.2) is 0 Å². The maximum absolute atomic E-state index is 10.6. The lowest BCUT2D eigenvalue weighted by Gasteiger charge is -1.98. The number of rotatable bonds is 1. The van der Waals surface area contributed by atoms with Crippen LogP contribution in [0.2, 0.25) is 0 Å². The fraction of sp³-hybridized carbons (Fsp3) is 0.500. The minimum atomic E-state index is -0.938. The molecule has 64 valence electrons. The van der Waals surface area contributed by atoms with Gasteiger partial charge in [-0.05, 0) is 19.3 Å². The molecule has 4 nitrogen and oxygen atoms in total. The molecule has 1 aliphatic rings. The van der Waals surface area contributed by atoms with Crippen LogP contribution >= 0.6 is 0 Å². The van der Waals surface area contributed by atoms with Gasteiger partial charge in [-0.1, -0.05) is 0 Å². The van der Waals surface area contributed by atoms with E-state index in [1.54, 1.807) is 11.6 Å². The zero-order valence-electron chi connectivity index (χ0n) is 6.87. The smallest absolute Gasteiger partial charge is 0.372 e. The Kier molecular flexibility index (Phi) is 1.43. The van der Waals surface area contributed by atoms with E-state index < -0.39 is 5.97 Å². The van der Waals surface area contributed by atoms with Crippen molar-refractivity contribution in [3.8, 4) is 0 Å². The summed E-state index contributed by atoms with van der Waals surface area (Å²) in [5, 5.41) is 8.74. The zero-order chi connectivity index (χ0) is 8.72. The number of carboxylic acid groups (broad SMARTS) is 1. The first-order valence-corrected chi connectivity index (χ1v) is 3.98. The number of carbonyl (C=O) groups is 1. The summed E-state index contributed by atoms with van der Waals surface area (Å²) in [6, 6.07) is 0. The van der Waals surface area contributed by atoms with E-state index in [9.17, 15) is 4.79 Å². The molecule has 0 atom stereocenters. The molecule has 0 bridgehead atoms. The van der Waals surface area contributed by atoms with Gasteiger partial charge in [0.1, 0.15) is 0 Å². The molecule has 4 heteroatoms. The molecule has 1 heterocycles. The Morgan fingerprint density at radius 3 is 2.92 bits per heavy atom. The minimum Gasteiger partial charge on any atom is -0.475 e. The van der Waals surface area contributed by atoms with E-state index in [0.717, 1.165) is 30.7 Å². The van der Waals surface area contributed by atoms with Gasteiger partial charge in [0, 0.05) is 12.7 Å². The number of nitrogens with zero attached hydrogens (tertiary/aromatic N) is 2. The Hall–Kier alpha value is -1.32. The van der Waals surface area contributed by atoms with Crippen LogP contribution in [0.1, 0.15) is 28.4 Å². The lowest BCUT2D eigenvalue weighted by atomic mass is 10.3. The summed E-state index contributed by atoms with van der Waals surface area (Å²) in [5.74, 6) is -0.772. The van der Waals surface area contributed by atoms with E-state index in [-0.39, 0.29) is 5.82 Å². The van der Waals surface area contributed by atoms with Crippen LogP contribution in [0, 0.1) is 0 Å². The van der Waals surface area contributed by atoms with Gasteiger partial charge < -0.3 is 9.67 Å². The number of carboxylic acids is 1. The molecular formula is C8H10N2O2. The molecule has 0 unspecified atom stereocenters. The van der Waals surface area contributed by atoms with Crippen molar-refractivity contribution in [2.24, 2.45) is 7.05 Å². The van der Waals surface area contributed by atoms with Crippen molar-refractivity contribution in [2.45, 2.75) is 19.3 Å². The van der Waals surface area contributed by atoms with Crippen LogP contribution in [0.5, 0.6) is 0 Å². The molecule has 0 amide bonds. The maximum Gasteiger partial charge on any atom is 0.372 e. The van der Waals surface area contributed by atoms with E-state index in [4.69, 9.17) is 5.11 Å². The van der Waals surface area contributed by atoms with Crippen molar-refractivity contribution in [1.82, 2.24) is 9.55 Å². The molecule has 0 aliphatic heterocycles. The highest BCUT2D eigenvalue weighted by Gasteiger charge is 2.22. The zero-order valence-corrected chi connectivity index (χ0v) is 6.87. The first-order chi connectivity index (χ1) is 5.70. The van der Waals surface area contributed by atoms with Crippen LogP contribution in [0.4, 0.5) is 0 Å². The average molecular weight is 166 g/mol. The Morgan fingerprint density at radius 1 is 1.58 bits per heavy atom. The third-order valence-corrected chi connectivity index (χ3v) is 2.32. The number of fused-ring (bicyclic) bond motifs is 1. The molecule has 2 rings (SSSR count). The first kappa shape index (κ1) is 7.34. The lowest BCUT2D eigenvalue weighted by Crippen LogP contribution is -2.07. The second kappa shape index (κ2) is 2.33. The van der Waals surface area contributed by atoms with E-state index in [0.29, 0.717) is 0 Å². The standard InChI is InChI=1S/C8H10N2O2/c1-10-6-4-2-3-5(6)9-7(10)8(11)12/h2-4H2,1H3,(H,11,12). The number of imidazole rings is 1. The maximum atomic E-state index is 10.6. The number of aromatic carboxylic acids is 1. The van der Waals surface area contributed by atoms with Crippen LogP contribution in [-0.2, 0) is 19.9 Å². The molecule has 0 saturated carbocycles. The summed E-state index contributed by atoms with van der Waals surface area (Å²) in [7, 11) is 1.76. The van der Waals surface area contributed by atoms with Crippen molar-refractivity contribution in [1.29, 1.82) is 0 Å². The second-order valence-electron chi connectivity index (χ2n) is 3.05. The predicted molar refractivity (Wildman–Crippen MR) is 42.2 cm³/mol.